The van der Waals surface area contributed by atoms with Gasteiger partial charge in [-0.2, -0.15) is 0 Å². The Labute approximate surface area is 124 Å². The van der Waals surface area contributed by atoms with E-state index in [4.69, 9.17) is 13.9 Å². The van der Waals surface area contributed by atoms with Gasteiger partial charge in [-0.15, -0.1) is 0 Å². The first-order valence-corrected chi connectivity index (χ1v) is 6.98. The number of carbonyl (C=O) groups is 1. The van der Waals surface area contributed by atoms with Crippen molar-refractivity contribution in [3.63, 3.8) is 0 Å². The molecule has 118 valence electrons. The summed E-state index contributed by atoms with van der Waals surface area (Å²) in [5.41, 5.74) is -0.839. The van der Waals surface area contributed by atoms with Gasteiger partial charge in [-0.1, -0.05) is 0 Å². The molecule has 0 bridgehead atoms. The van der Waals surface area contributed by atoms with Crippen LogP contribution in [0.15, 0.2) is 23.0 Å². The van der Waals surface area contributed by atoms with Crippen molar-refractivity contribution >= 4 is 6.09 Å². The number of amides is 1. The first kappa shape index (κ1) is 15.9. The van der Waals surface area contributed by atoms with E-state index in [0.29, 0.717) is 5.56 Å². The van der Waals surface area contributed by atoms with E-state index in [0.717, 1.165) is 0 Å². The average Bonchev–Trinajstić information content (AvgIpc) is 2.92. The third-order valence-corrected chi connectivity index (χ3v) is 3.36. The zero-order valence-electron chi connectivity index (χ0n) is 13.1. The van der Waals surface area contributed by atoms with Crippen molar-refractivity contribution in [2.24, 2.45) is 0 Å². The van der Waals surface area contributed by atoms with E-state index in [2.05, 4.69) is 0 Å². The molecule has 1 amide bonds. The van der Waals surface area contributed by atoms with Crippen molar-refractivity contribution in [1.29, 1.82) is 0 Å². The smallest absolute Gasteiger partial charge is 0.413 e. The fraction of sp³-hybridized carbons (Fsp3) is 0.667. The number of nitrogens with zero attached hydrogens (tertiary/aromatic N) is 1. The van der Waals surface area contributed by atoms with Crippen LogP contribution in [0.3, 0.4) is 0 Å². The normalized spacial score (nSPS) is 23.1. The Hall–Kier alpha value is -1.53. The summed E-state index contributed by atoms with van der Waals surface area (Å²) in [6, 6.07) is 1.15. The fourth-order valence-electron chi connectivity index (χ4n) is 2.40. The second kappa shape index (κ2) is 5.35. The molecule has 0 spiro atoms. The van der Waals surface area contributed by atoms with Crippen molar-refractivity contribution in [3.8, 4) is 0 Å². The molecule has 0 radical (unpaired) electrons. The number of aliphatic hydroxyl groups is 1. The van der Waals surface area contributed by atoms with Crippen LogP contribution in [0.1, 0.15) is 46.3 Å². The second-order valence-electron chi connectivity index (χ2n) is 6.68. The molecule has 1 aliphatic heterocycles. The van der Waals surface area contributed by atoms with E-state index in [1.54, 1.807) is 40.7 Å². The Bertz CT molecular complexity index is 489. The summed E-state index contributed by atoms with van der Waals surface area (Å²) in [5, 5.41) is 10.5. The molecule has 1 aromatic rings. The van der Waals surface area contributed by atoms with Crippen LogP contribution in [0.5, 0.6) is 0 Å². The van der Waals surface area contributed by atoms with Gasteiger partial charge in [-0.25, -0.2) is 4.79 Å². The van der Waals surface area contributed by atoms with Crippen molar-refractivity contribution in [2.75, 3.05) is 6.61 Å². The molecule has 1 aliphatic rings. The minimum absolute atomic E-state index is 0.235. The summed E-state index contributed by atoms with van der Waals surface area (Å²) < 4.78 is 16.1. The standard InChI is InChI=1S/C15H23NO5/c1-14(2,3)21-13(18)16-11(9-20-15(16,4)5)12(17)10-6-7-19-8-10/h6-8,11-12,17H,9H2,1-5H3/t11-,12?/m1/s1. The van der Waals surface area contributed by atoms with Crippen LogP contribution in [0.25, 0.3) is 0 Å². The van der Waals surface area contributed by atoms with Gasteiger partial charge in [0.1, 0.15) is 17.4 Å². The lowest BCUT2D eigenvalue weighted by Gasteiger charge is -2.36. The molecular weight excluding hydrogens is 274 g/mol. The van der Waals surface area contributed by atoms with Crippen molar-refractivity contribution in [2.45, 2.75) is 58.1 Å². The number of ether oxygens (including phenoxy) is 2. The Morgan fingerprint density at radius 1 is 1.52 bits per heavy atom. The van der Waals surface area contributed by atoms with Crippen LogP contribution in [0.2, 0.25) is 0 Å². The summed E-state index contributed by atoms with van der Waals surface area (Å²) in [6.45, 7) is 9.19. The van der Waals surface area contributed by atoms with Gasteiger partial charge in [0, 0.05) is 5.56 Å². The van der Waals surface area contributed by atoms with Gasteiger partial charge in [0.15, 0.2) is 0 Å². The van der Waals surface area contributed by atoms with Gasteiger partial charge < -0.3 is 19.0 Å². The van der Waals surface area contributed by atoms with Gasteiger partial charge in [0.05, 0.1) is 25.2 Å². The van der Waals surface area contributed by atoms with Gasteiger partial charge in [0.2, 0.25) is 0 Å². The molecule has 21 heavy (non-hydrogen) atoms. The van der Waals surface area contributed by atoms with Crippen LogP contribution in [-0.4, -0.2) is 40.1 Å². The van der Waals surface area contributed by atoms with Crippen molar-refractivity contribution in [1.82, 2.24) is 4.90 Å². The lowest BCUT2D eigenvalue weighted by Crippen LogP contribution is -2.51. The topological polar surface area (TPSA) is 72.1 Å². The van der Waals surface area contributed by atoms with Crippen LogP contribution in [0, 0.1) is 0 Å². The number of aliphatic hydroxyl groups excluding tert-OH is 1. The summed E-state index contributed by atoms with van der Waals surface area (Å²) in [7, 11) is 0. The third-order valence-electron chi connectivity index (χ3n) is 3.36. The summed E-state index contributed by atoms with van der Waals surface area (Å²) in [4.78, 5) is 13.9. The largest absolute Gasteiger partial charge is 0.472 e. The molecular formula is C15H23NO5. The Morgan fingerprint density at radius 2 is 2.19 bits per heavy atom. The van der Waals surface area contributed by atoms with Crippen LogP contribution >= 0.6 is 0 Å². The average molecular weight is 297 g/mol. The number of furan rings is 1. The quantitative estimate of drug-likeness (QED) is 0.908. The summed E-state index contributed by atoms with van der Waals surface area (Å²) in [5.74, 6) is 0. The molecule has 2 atom stereocenters. The lowest BCUT2D eigenvalue weighted by molar-refractivity contribution is -0.0679. The lowest BCUT2D eigenvalue weighted by atomic mass is 10.0. The fourth-order valence-corrected chi connectivity index (χ4v) is 2.40. The van der Waals surface area contributed by atoms with E-state index in [9.17, 15) is 9.90 Å². The molecule has 2 rings (SSSR count). The van der Waals surface area contributed by atoms with Gasteiger partial charge >= 0.3 is 6.09 Å². The molecule has 1 N–H and O–H groups in total. The maximum absolute atomic E-state index is 12.5. The molecule has 0 aromatic carbocycles. The molecule has 0 aliphatic carbocycles. The monoisotopic (exact) mass is 297 g/mol. The number of hydrogen-bond donors (Lipinski definition) is 1. The third kappa shape index (κ3) is 3.39. The van der Waals surface area contributed by atoms with Gasteiger partial charge in [-0.05, 0) is 40.7 Å². The number of rotatable bonds is 2. The molecule has 1 fully saturated rings. The predicted molar refractivity (Wildman–Crippen MR) is 75.6 cm³/mol. The van der Waals surface area contributed by atoms with Crippen LogP contribution in [0.4, 0.5) is 4.79 Å². The van der Waals surface area contributed by atoms with E-state index in [1.165, 1.54) is 17.4 Å². The minimum atomic E-state index is -0.891. The molecule has 0 saturated carbocycles. The number of carbonyl (C=O) groups excluding carboxylic acids is 1. The van der Waals surface area contributed by atoms with E-state index in [1.807, 2.05) is 0 Å². The van der Waals surface area contributed by atoms with Crippen LogP contribution in [-0.2, 0) is 9.47 Å². The molecule has 1 saturated heterocycles. The zero-order chi connectivity index (χ0) is 15.8. The zero-order valence-corrected chi connectivity index (χ0v) is 13.1. The van der Waals surface area contributed by atoms with Crippen LogP contribution < -0.4 is 0 Å². The molecule has 6 heteroatoms. The van der Waals surface area contributed by atoms with Crippen molar-refractivity contribution < 1.29 is 23.8 Å². The maximum atomic E-state index is 12.5. The highest BCUT2D eigenvalue weighted by atomic mass is 16.6. The Morgan fingerprint density at radius 3 is 2.71 bits per heavy atom. The van der Waals surface area contributed by atoms with E-state index in [-0.39, 0.29) is 6.61 Å². The van der Waals surface area contributed by atoms with Gasteiger partial charge in [-0.3, -0.25) is 4.90 Å². The minimum Gasteiger partial charge on any atom is -0.472 e. The van der Waals surface area contributed by atoms with E-state index >= 15 is 0 Å². The highest BCUT2D eigenvalue weighted by Gasteiger charge is 2.48. The second-order valence-corrected chi connectivity index (χ2v) is 6.68. The molecule has 1 unspecified atom stereocenters. The Balaban J connectivity index is 2.23. The maximum Gasteiger partial charge on any atom is 0.413 e. The summed E-state index contributed by atoms with van der Waals surface area (Å²) >= 11 is 0. The number of hydrogen-bond acceptors (Lipinski definition) is 5. The highest BCUT2D eigenvalue weighted by molar-refractivity contribution is 5.70. The Kier molecular flexibility index (Phi) is 4.04. The first-order chi connectivity index (χ1) is 9.62. The van der Waals surface area contributed by atoms with Gasteiger partial charge in [0.25, 0.3) is 0 Å². The van der Waals surface area contributed by atoms with E-state index < -0.39 is 29.6 Å². The predicted octanol–water partition coefficient (Wildman–Crippen LogP) is 2.69. The molecule has 6 nitrogen and oxygen atoms in total. The van der Waals surface area contributed by atoms with Crippen molar-refractivity contribution in [3.05, 3.63) is 24.2 Å². The SMILES string of the molecule is CC(C)(C)OC(=O)N1[C@@H](C(O)c2ccoc2)COC1(C)C. The molecule has 1 aromatic heterocycles. The molecule has 2 heterocycles. The highest BCUT2D eigenvalue weighted by Crippen LogP contribution is 2.35. The first-order valence-electron chi connectivity index (χ1n) is 6.98. The summed E-state index contributed by atoms with van der Waals surface area (Å²) in [6.07, 6.45) is 1.55.